The van der Waals surface area contributed by atoms with Crippen LogP contribution in [-0.4, -0.2) is 47.5 Å². The number of amides is 3. The Morgan fingerprint density at radius 1 is 1.05 bits per heavy atom. The molecule has 0 saturated carbocycles. The van der Waals surface area contributed by atoms with E-state index in [4.69, 9.17) is 16.3 Å². The number of likely N-dealkylation sites (tertiary alicyclic amines) is 1. The van der Waals surface area contributed by atoms with Crippen LogP contribution < -0.4 is 10.6 Å². The number of halogens is 1. The molecule has 7 nitrogen and oxygen atoms in total. The lowest BCUT2D eigenvalue weighted by atomic mass is 9.89. The van der Waals surface area contributed by atoms with E-state index >= 15 is 0 Å². The molecule has 200 valence electrons. The third kappa shape index (κ3) is 8.49. The van der Waals surface area contributed by atoms with Gasteiger partial charge in [0.1, 0.15) is 11.6 Å². The summed E-state index contributed by atoms with van der Waals surface area (Å²) in [6.45, 7) is 10.8. The first-order valence-electron chi connectivity index (χ1n) is 12.8. The molecule has 1 saturated heterocycles. The Balaban J connectivity index is 1.58. The fraction of sp³-hybridized carbons (Fsp3) is 0.483. The fourth-order valence-electron chi connectivity index (χ4n) is 4.41. The Hall–Kier alpha value is -3.06. The minimum Gasteiger partial charge on any atom is -0.444 e. The van der Waals surface area contributed by atoms with Crippen molar-refractivity contribution in [2.75, 3.05) is 13.1 Å². The highest BCUT2D eigenvalue weighted by Gasteiger charge is 2.32. The van der Waals surface area contributed by atoms with Gasteiger partial charge in [-0.25, -0.2) is 4.79 Å². The summed E-state index contributed by atoms with van der Waals surface area (Å²) in [5.41, 5.74) is 1.85. The number of rotatable bonds is 7. The maximum atomic E-state index is 13.4. The van der Waals surface area contributed by atoms with Crippen molar-refractivity contribution >= 4 is 29.5 Å². The van der Waals surface area contributed by atoms with E-state index in [0.717, 1.165) is 23.4 Å². The second-order valence-electron chi connectivity index (χ2n) is 10.9. The molecule has 1 aliphatic heterocycles. The molecule has 8 heteroatoms. The van der Waals surface area contributed by atoms with Gasteiger partial charge in [-0.15, -0.1) is 0 Å². The number of piperidine rings is 1. The second kappa shape index (κ2) is 12.5. The van der Waals surface area contributed by atoms with E-state index in [1.54, 1.807) is 39.0 Å². The monoisotopic (exact) mass is 527 g/mol. The van der Waals surface area contributed by atoms with Crippen LogP contribution in [0.15, 0.2) is 48.5 Å². The number of ether oxygens (including phenoxy) is 1. The van der Waals surface area contributed by atoms with E-state index in [9.17, 15) is 14.4 Å². The molecule has 0 spiro atoms. The minimum absolute atomic E-state index is 0.0550. The lowest BCUT2D eigenvalue weighted by Gasteiger charge is -2.35. The molecule has 2 aromatic carbocycles. The standard InChI is InChI=1S/C29H38ClN3O4/c1-19(2)25(27(35)33-15-13-22(14-16-33)21-9-11-24(30)12-10-21)32-26(34)23-8-6-7-20(17-23)18-31-28(36)37-29(3,4)5/h6-12,17,19,22,25H,13-16,18H2,1-5H3,(H,31,36)(H,32,34)/t25-/m1/s1. The van der Waals surface area contributed by atoms with E-state index in [2.05, 4.69) is 22.8 Å². The molecular weight excluding hydrogens is 490 g/mol. The quantitative estimate of drug-likeness (QED) is 0.496. The zero-order chi connectivity index (χ0) is 27.2. The van der Waals surface area contributed by atoms with Crippen molar-refractivity contribution in [3.63, 3.8) is 0 Å². The van der Waals surface area contributed by atoms with E-state index < -0.39 is 17.7 Å². The molecule has 0 unspecified atom stereocenters. The number of hydrogen-bond acceptors (Lipinski definition) is 4. The van der Waals surface area contributed by atoms with Crippen LogP contribution in [0.3, 0.4) is 0 Å². The molecule has 37 heavy (non-hydrogen) atoms. The maximum Gasteiger partial charge on any atom is 0.407 e. The van der Waals surface area contributed by atoms with Gasteiger partial charge in [-0.2, -0.15) is 0 Å². The Morgan fingerprint density at radius 3 is 2.30 bits per heavy atom. The van der Waals surface area contributed by atoms with Crippen molar-refractivity contribution in [1.82, 2.24) is 15.5 Å². The minimum atomic E-state index is -0.622. The average Bonchev–Trinajstić information content (AvgIpc) is 2.85. The third-order valence-corrected chi connectivity index (χ3v) is 6.64. The predicted molar refractivity (Wildman–Crippen MR) is 146 cm³/mol. The topological polar surface area (TPSA) is 87.7 Å². The first kappa shape index (κ1) is 28.5. The molecule has 1 aliphatic rings. The number of nitrogens with one attached hydrogen (secondary N) is 2. The van der Waals surface area contributed by atoms with Crippen molar-refractivity contribution in [2.24, 2.45) is 5.92 Å². The second-order valence-corrected chi connectivity index (χ2v) is 11.3. The predicted octanol–water partition coefficient (Wildman–Crippen LogP) is 5.53. The summed E-state index contributed by atoms with van der Waals surface area (Å²) in [4.78, 5) is 40.3. The largest absolute Gasteiger partial charge is 0.444 e. The molecule has 2 N–H and O–H groups in total. The summed E-state index contributed by atoms with van der Waals surface area (Å²) in [6.07, 6.45) is 1.23. The lowest BCUT2D eigenvalue weighted by Crippen LogP contribution is -2.52. The summed E-state index contributed by atoms with van der Waals surface area (Å²) in [5, 5.41) is 6.36. The number of benzene rings is 2. The van der Waals surface area contributed by atoms with Gasteiger partial charge in [-0.05, 0) is 80.8 Å². The third-order valence-electron chi connectivity index (χ3n) is 6.39. The van der Waals surface area contributed by atoms with Crippen molar-refractivity contribution in [1.29, 1.82) is 0 Å². The lowest BCUT2D eigenvalue weighted by molar-refractivity contribution is -0.135. The molecule has 3 rings (SSSR count). The van der Waals surface area contributed by atoms with Gasteiger partial charge in [-0.1, -0.05) is 49.7 Å². The zero-order valence-electron chi connectivity index (χ0n) is 22.3. The first-order valence-corrected chi connectivity index (χ1v) is 13.2. The van der Waals surface area contributed by atoms with Gasteiger partial charge >= 0.3 is 6.09 Å². The van der Waals surface area contributed by atoms with Crippen molar-refractivity contribution in [3.8, 4) is 0 Å². The number of carbonyl (C=O) groups is 3. The van der Waals surface area contributed by atoms with Gasteiger partial charge in [0.15, 0.2) is 0 Å². The van der Waals surface area contributed by atoms with Gasteiger partial charge < -0.3 is 20.3 Å². The summed E-state index contributed by atoms with van der Waals surface area (Å²) in [6, 6.07) is 14.3. The van der Waals surface area contributed by atoms with Gasteiger partial charge in [0.05, 0.1) is 0 Å². The molecule has 1 atom stereocenters. The van der Waals surface area contributed by atoms with Gasteiger partial charge in [-0.3, -0.25) is 9.59 Å². The zero-order valence-corrected chi connectivity index (χ0v) is 23.1. The number of alkyl carbamates (subject to hydrolysis) is 1. The van der Waals surface area contributed by atoms with Gasteiger partial charge in [0, 0.05) is 30.2 Å². The molecule has 1 heterocycles. The van der Waals surface area contributed by atoms with Crippen LogP contribution in [0.25, 0.3) is 0 Å². The SMILES string of the molecule is CC(C)[C@@H](NC(=O)c1cccc(CNC(=O)OC(C)(C)C)c1)C(=O)N1CCC(c2ccc(Cl)cc2)CC1. The smallest absolute Gasteiger partial charge is 0.407 e. The first-order chi connectivity index (χ1) is 17.4. The van der Waals surface area contributed by atoms with E-state index in [0.29, 0.717) is 24.6 Å². The molecular formula is C29H38ClN3O4. The highest BCUT2D eigenvalue weighted by atomic mass is 35.5. The van der Waals surface area contributed by atoms with E-state index in [1.165, 1.54) is 5.56 Å². The molecule has 0 aliphatic carbocycles. The van der Waals surface area contributed by atoms with E-state index in [1.807, 2.05) is 36.9 Å². The summed E-state index contributed by atoms with van der Waals surface area (Å²) >= 11 is 6.01. The summed E-state index contributed by atoms with van der Waals surface area (Å²) in [7, 11) is 0. The molecule has 0 aromatic heterocycles. The van der Waals surface area contributed by atoms with Crippen LogP contribution in [0.1, 0.15) is 74.9 Å². The molecule has 0 bridgehead atoms. The maximum absolute atomic E-state index is 13.4. The van der Waals surface area contributed by atoms with Crippen molar-refractivity contribution in [3.05, 3.63) is 70.2 Å². The molecule has 3 amide bonds. The number of nitrogens with zero attached hydrogens (tertiary/aromatic N) is 1. The van der Waals surface area contributed by atoms with Crippen LogP contribution in [-0.2, 0) is 16.1 Å². The van der Waals surface area contributed by atoms with E-state index in [-0.39, 0.29) is 24.3 Å². The van der Waals surface area contributed by atoms with Crippen molar-refractivity contribution in [2.45, 2.75) is 71.6 Å². The Labute approximate surface area is 224 Å². The highest BCUT2D eigenvalue weighted by molar-refractivity contribution is 6.30. The molecule has 2 aromatic rings. The average molecular weight is 528 g/mol. The Bertz CT molecular complexity index is 1090. The Kier molecular flexibility index (Phi) is 9.60. The van der Waals surface area contributed by atoms with Gasteiger partial charge in [0.2, 0.25) is 5.91 Å². The number of hydrogen-bond donors (Lipinski definition) is 2. The summed E-state index contributed by atoms with van der Waals surface area (Å²) < 4.78 is 5.26. The van der Waals surface area contributed by atoms with Crippen LogP contribution >= 0.6 is 11.6 Å². The molecule has 0 radical (unpaired) electrons. The van der Waals surface area contributed by atoms with Crippen LogP contribution in [0.2, 0.25) is 5.02 Å². The summed E-state index contributed by atoms with van der Waals surface area (Å²) in [5.74, 6) is -0.0456. The number of carbonyl (C=O) groups excluding carboxylic acids is 3. The van der Waals surface area contributed by atoms with Crippen molar-refractivity contribution < 1.29 is 19.1 Å². The van der Waals surface area contributed by atoms with Gasteiger partial charge in [0.25, 0.3) is 5.91 Å². The Morgan fingerprint density at radius 2 is 1.70 bits per heavy atom. The molecule has 1 fully saturated rings. The fourth-order valence-corrected chi connectivity index (χ4v) is 4.54. The van der Waals surface area contributed by atoms with Crippen LogP contribution in [0.4, 0.5) is 4.79 Å². The highest BCUT2D eigenvalue weighted by Crippen LogP contribution is 2.29. The van der Waals surface area contributed by atoms with Crippen LogP contribution in [0.5, 0.6) is 0 Å². The normalized spacial score (nSPS) is 15.3. The van der Waals surface area contributed by atoms with Crippen LogP contribution in [0, 0.1) is 5.92 Å².